The fraction of sp³-hybridized carbons (Fsp3) is 0.444. The molecule has 0 aliphatic rings. The molecule has 0 aliphatic carbocycles. The van der Waals surface area contributed by atoms with Gasteiger partial charge in [0, 0.05) is 18.7 Å². The van der Waals surface area contributed by atoms with Crippen LogP contribution < -0.4 is 0 Å². The molecule has 0 atom stereocenters. The summed E-state index contributed by atoms with van der Waals surface area (Å²) in [6.07, 6.45) is 6.89. The first kappa shape index (κ1) is 16.7. The Morgan fingerprint density at radius 1 is 1.32 bits per heavy atom. The topological polar surface area (TPSA) is 33.2 Å². The standard InChI is InChI=1S/C18H24N2OS/c1-4-5-8-13-20(14(2)3)18(21)12-11-17-19-15-9-6-7-10-16(15)22-17/h6-7,9-12,14H,4-5,8,13H2,1-3H3/b12-11+. The van der Waals surface area contributed by atoms with Gasteiger partial charge in [-0.1, -0.05) is 31.9 Å². The summed E-state index contributed by atoms with van der Waals surface area (Å²) in [6.45, 7) is 7.13. The molecule has 0 bridgehead atoms. The third kappa shape index (κ3) is 4.41. The average Bonchev–Trinajstić information content (AvgIpc) is 2.91. The molecule has 4 heteroatoms. The van der Waals surface area contributed by atoms with Crippen molar-refractivity contribution < 1.29 is 4.79 Å². The van der Waals surface area contributed by atoms with Crippen LogP contribution in [0.2, 0.25) is 0 Å². The Kier molecular flexibility index (Phi) is 6.13. The van der Waals surface area contributed by atoms with Crippen LogP contribution >= 0.6 is 11.3 Å². The van der Waals surface area contributed by atoms with E-state index >= 15 is 0 Å². The van der Waals surface area contributed by atoms with Crippen LogP contribution in [0.15, 0.2) is 30.3 Å². The minimum absolute atomic E-state index is 0.0744. The summed E-state index contributed by atoms with van der Waals surface area (Å²) in [7, 11) is 0. The molecule has 118 valence electrons. The molecule has 0 saturated carbocycles. The van der Waals surface area contributed by atoms with Gasteiger partial charge in [-0.3, -0.25) is 4.79 Å². The van der Waals surface area contributed by atoms with Crippen molar-refractivity contribution in [3.63, 3.8) is 0 Å². The van der Waals surface area contributed by atoms with Gasteiger partial charge in [0.2, 0.25) is 5.91 Å². The van der Waals surface area contributed by atoms with Crippen molar-refractivity contribution in [2.75, 3.05) is 6.54 Å². The van der Waals surface area contributed by atoms with Crippen molar-refractivity contribution >= 4 is 33.5 Å². The van der Waals surface area contributed by atoms with E-state index in [0.717, 1.165) is 34.6 Å². The molecule has 0 radical (unpaired) electrons. The Labute approximate surface area is 136 Å². The summed E-state index contributed by atoms with van der Waals surface area (Å²) in [4.78, 5) is 18.8. The number of thiazole rings is 1. The summed E-state index contributed by atoms with van der Waals surface area (Å²) in [5.74, 6) is 0.0744. The highest BCUT2D eigenvalue weighted by Gasteiger charge is 2.13. The normalized spacial score (nSPS) is 11.6. The van der Waals surface area contributed by atoms with E-state index in [9.17, 15) is 4.79 Å². The first-order valence-corrected chi connectivity index (χ1v) is 8.77. The van der Waals surface area contributed by atoms with Crippen LogP contribution in [-0.2, 0) is 4.79 Å². The number of unbranched alkanes of at least 4 members (excludes halogenated alkanes) is 2. The van der Waals surface area contributed by atoms with Gasteiger partial charge in [0.05, 0.1) is 10.2 Å². The molecular formula is C18H24N2OS. The van der Waals surface area contributed by atoms with Crippen LogP contribution in [0.5, 0.6) is 0 Å². The zero-order chi connectivity index (χ0) is 15.9. The van der Waals surface area contributed by atoms with Crippen LogP contribution in [0, 0.1) is 0 Å². The number of carbonyl (C=O) groups excluding carboxylic acids is 1. The van der Waals surface area contributed by atoms with Crippen molar-refractivity contribution in [3.8, 4) is 0 Å². The third-order valence-corrected chi connectivity index (χ3v) is 4.59. The lowest BCUT2D eigenvalue weighted by molar-refractivity contribution is -0.127. The average molecular weight is 316 g/mol. The van der Waals surface area contributed by atoms with E-state index in [2.05, 4.69) is 31.8 Å². The Balaban J connectivity index is 2.04. The number of hydrogen-bond acceptors (Lipinski definition) is 3. The SMILES string of the molecule is CCCCCN(C(=O)/C=C/c1nc2ccccc2s1)C(C)C. The summed E-state index contributed by atoms with van der Waals surface area (Å²) in [6, 6.07) is 8.26. The minimum Gasteiger partial charge on any atom is -0.337 e. The molecule has 0 N–H and O–H groups in total. The van der Waals surface area contributed by atoms with Crippen molar-refractivity contribution in [1.29, 1.82) is 0 Å². The highest BCUT2D eigenvalue weighted by molar-refractivity contribution is 7.19. The molecule has 0 saturated heterocycles. The summed E-state index contributed by atoms with van der Waals surface area (Å²) < 4.78 is 1.15. The quantitative estimate of drug-likeness (QED) is 0.546. The van der Waals surface area contributed by atoms with Crippen LogP contribution in [-0.4, -0.2) is 28.4 Å². The van der Waals surface area contributed by atoms with Gasteiger partial charge in [0.25, 0.3) is 0 Å². The number of benzene rings is 1. The summed E-state index contributed by atoms with van der Waals surface area (Å²) >= 11 is 1.61. The molecule has 0 aliphatic heterocycles. The number of amides is 1. The Hall–Kier alpha value is -1.68. The molecule has 0 fully saturated rings. The summed E-state index contributed by atoms with van der Waals surface area (Å²) in [5.41, 5.74) is 0.989. The van der Waals surface area contributed by atoms with E-state index in [1.54, 1.807) is 17.4 Å². The van der Waals surface area contributed by atoms with E-state index in [1.165, 1.54) is 6.42 Å². The Morgan fingerprint density at radius 2 is 2.09 bits per heavy atom. The zero-order valence-corrected chi connectivity index (χ0v) is 14.4. The lowest BCUT2D eigenvalue weighted by atomic mass is 10.2. The molecule has 22 heavy (non-hydrogen) atoms. The molecule has 2 aromatic rings. The first-order chi connectivity index (χ1) is 10.6. The number of fused-ring (bicyclic) bond motifs is 1. The predicted molar refractivity (Wildman–Crippen MR) is 95.0 cm³/mol. The van der Waals surface area contributed by atoms with Crippen molar-refractivity contribution in [2.45, 2.75) is 46.1 Å². The van der Waals surface area contributed by atoms with Gasteiger partial charge < -0.3 is 4.90 Å². The molecule has 1 aromatic carbocycles. The second-order valence-electron chi connectivity index (χ2n) is 5.69. The van der Waals surface area contributed by atoms with E-state index in [-0.39, 0.29) is 11.9 Å². The van der Waals surface area contributed by atoms with Crippen LogP contribution in [0.3, 0.4) is 0 Å². The number of para-hydroxylation sites is 1. The molecule has 3 nitrogen and oxygen atoms in total. The number of aromatic nitrogens is 1. The number of hydrogen-bond donors (Lipinski definition) is 0. The maximum atomic E-state index is 12.4. The van der Waals surface area contributed by atoms with Crippen LogP contribution in [0.4, 0.5) is 0 Å². The van der Waals surface area contributed by atoms with Gasteiger partial charge in [-0.2, -0.15) is 0 Å². The number of rotatable bonds is 7. The highest BCUT2D eigenvalue weighted by Crippen LogP contribution is 2.22. The van der Waals surface area contributed by atoms with E-state index in [0.29, 0.717) is 0 Å². The van der Waals surface area contributed by atoms with E-state index < -0.39 is 0 Å². The van der Waals surface area contributed by atoms with Gasteiger partial charge in [-0.15, -0.1) is 11.3 Å². The summed E-state index contributed by atoms with van der Waals surface area (Å²) in [5, 5.41) is 0.881. The zero-order valence-electron chi connectivity index (χ0n) is 13.6. The van der Waals surface area contributed by atoms with Gasteiger partial charge in [0.1, 0.15) is 5.01 Å². The second kappa shape index (κ2) is 8.08. The Morgan fingerprint density at radius 3 is 2.77 bits per heavy atom. The molecule has 1 amide bonds. The molecule has 1 heterocycles. The Bertz CT molecular complexity index is 612. The monoisotopic (exact) mass is 316 g/mol. The lowest BCUT2D eigenvalue weighted by Crippen LogP contribution is -2.36. The maximum absolute atomic E-state index is 12.4. The van der Waals surface area contributed by atoms with Gasteiger partial charge in [-0.25, -0.2) is 4.98 Å². The van der Waals surface area contributed by atoms with Gasteiger partial charge in [0.15, 0.2) is 0 Å². The van der Waals surface area contributed by atoms with Gasteiger partial charge >= 0.3 is 0 Å². The molecular weight excluding hydrogens is 292 g/mol. The van der Waals surface area contributed by atoms with Crippen LogP contribution in [0.25, 0.3) is 16.3 Å². The molecule has 1 aromatic heterocycles. The first-order valence-electron chi connectivity index (χ1n) is 7.96. The third-order valence-electron chi connectivity index (χ3n) is 3.59. The van der Waals surface area contributed by atoms with E-state index in [4.69, 9.17) is 0 Å². The second-order valence-corrected chi connectivity index (χ2v) is 6.75. The van der Waals surface area contributed by atoms with Crippen molar-refractivity contribution in [2.24, 2.45) is 0 Å². The lowest BCUT2D eigenvalue weighted by Gasteiger charge is -2.25. The minimum atomic E-state index is 0.0744. The van der Waals surface area contributed by atoms with Crippen molar-refractivity contribution in [1.82, 2.24) is 9.88 Å². The smallest absolute Gasteiger partial charge is 0.246 e. The van der Waals surface area contributed by atoms with Crippen molar-refractivity contribution in [3.05, 3.63) is 35.3 Å². The van der Waals surface area contributed by atoms with Crippen LogP contribution in [0.1, 0.15) is 45.0 Å². The fourth-order valence-corrected chi connectivity index (χ4v) is 3.22. The van der Waals surface area contributed by atoms with E-state index in [1.807, 2.05) is 29.2 Å². The highest BCUT2D eigenvalue weighted by atomic mass is 32.1. The molecule has 0 unspecified atom stereocenters. The fourth-order valence-electron chi connectivity index (χ4n) is 2.35. The molecule has 2 rings (SSSR count). The number of carbonyl (C=O) groups is 1. The number of nitrogens with zero attached hydrogens (tertiary/aromatic N) is 2. The maximum Gasteiger partial charge on any atom is 0.246 e. The van der Waals surface area contributed by atoms with Gasteiger partial charge in [-0.05, 0) is 38.5 Å². The molecule has 0 spiro atoms. The largest absolute Gasteiger partial charge is 0.337 e. The predicted octanol–water partition coefficient (Wildman–Crippen LogP) is 4.74.